The highest BCUT2D eigenvalue weighted by molar-refractivity contribution is 9.10. The molecule has 0 aliphatic carbocycles. The van der Waals surface area contributed by atoms with E-state index in [1.807, 2.05) is 13.8 Å². The van der Waals surface area contributed by atoms with Crippen LogP contribution in [0.4, 0.5) is 0 Å². The normalized spacial score (nSPS) is 14.3. The van der Waals surface area contributed by atoms with Crippen molar-refractivity contribution in [2.75, 3.05) is 6.61 Å². The minimum atomic E-state index is -0.947. The van der Waals surface area contributed by atoms with Crippen LogP contribution < -0.4 is 0 Å². The lowest BCUT2D eigenvalue weighted by Crippen LogP contribution is -2.29. The molecule has 18 heavy (non-hydrogen) atoms. The molecule has 0 fully saturated rings. The van der Waals surface area contributed by atoms with Crippen LogP contribution in [0.2, 0.25) is 0 Å². The maximum absolute atomic E-state index is 11.8. The maximum atomic E-state index is 11.8. The Morgan fingerprint density at radius 1 is 1.50 bits per heavy atom. The number of esters is 1. The van der Waals surface area contributed by atoms with Crippen LogP contribution >= 0.6 is 15.9 Å². The fraction of sp³-hybridized carbons (Fsp3) is 0.538. The summed E-state index contributed by atoms with van der Waals surface area (Å²) in [6.07, 6.45) is 0.651. The van der Waals surface area contributed by atoms with E-state index in [4.69, 9.17) is 4.74 Å². The molecule has 0 aliphatic heterocycles. The first-order chi connectivity index (χ1) is 8.47. The quantitative estimate of drug-likeness (QED) is 0.849. The standard InChI is InChI=1S/C13H18BrNO3/c1-4-18-13(17)11(8(2)3)12(16)10-6-5-9(14)7-15-10/h5-8,11-12,16H,4H2,1-3H3. The number of carbonyl (C=O) groups excluding carboxylic acids is 1. The highest BCUT2D eigenvalue weighted by Crippen LogP contribution is 2.28. The maximum Gasteiger partial charge on any atom is 0.312 e. The summed E-state index contributed by atoms with van der Waals surface area (Å²) in [5.74, 6) is -1.01. The molecule has 0 aromatic carbocycles. The Hall–Kier alpha value is -0.940. The molecule has 1 rings (SSSR count). The average Bonchev–Trinajstić information content (AvgIpc) is 2.29. The predicted molar refractivity (Wildman–Crippen MR) is 71.9 cm³/mol. The third-order valence-corrected chi connectivity index (χ3v) is 3.14. The average molecular weight is 316 g/mol. The summed E-state index contributed by atoms with van der Waals surface area (Å²) in [4.78, 5) is 16.0. The van der Waals surface area contributed by atoms with Gasteiger partial charge in [0.25, 0.3) is 0 Å². The van der Waals surface area contributed by atoms with E-state index in [1.54, 1.807) is 25.3 Å². The van der Waals surface area contributed by atoms with E-state index >= 15 is 0 Å². The number of ether oxygens (including phenoxy) is 1. The fourth-order valence-electron chi connectivity index (χ4n) is 1.75. The lowest BCUT2D eigenvalue weighted by atomic mass is 9.88. The zero-order valence-electron chi connectivity index (χ0n) is 10.8. The molecular formula is C13H18BrNO3. The fourth-order valence-corrected chi connectivity index (χ4v) is 1.98. The largest absolute Gasteiger partial charge is 0.466 e. The predicted octanol–water partition coefficient (Wildman–Crippen LogP) is 2.71. The summed E-state index contributed by atoms with van der Waals surface area (Å²) in [6, 6.07) is 3.48. The van der Waals surface area contributed by atoms with Gasteiger partial charge in [0.05, 0.1) is 18.2 Å². The van der Waals surface area contributed by atoms with Crippen molar-refractivity contribution in [3.05, 3.63) is 28.5 Å². The number of aliphatic hydroxyl groups is 1. The first kappa shape index (κ1) is 15.1. The molecular weight excluding hydrogens is 298 g/mol. The van der Waals surface area contributed by atoms with Gasteiger partial charge >= 0.3 is 5.97 Å². The lowest BCUT2D eigenvalue weighted by Gasteiger charge is -2.24. The number of aliphatic hydroxyl groups excluding tert-OH is 1. The minimum Gasteiger partial charge on any atom is -0.466 e. The van der Waals surface area contributed by atoms with Gasteiger partial charge in [-0.3, -0.25) is 9.78 Å². The van der Waals surface area contributed by atoms with Gasteiger partial charge in [0, 0.05) is 10.7 Å². The summed E-state index contributed by atoms with van der Waals surface area (Å²) in [7, 11) is 0. The molecule has 4 nitrogen and oxygen atoms in total. The summed E-state index contributed by atoms with van der Waals surface area (Å²) < 4.78 is 5.83. The second kappa shape index (κ2) is 6.85. The Bertz CT molecular complexity index is 392. The molecule has 2 atom stereocenters. The zero-order valence-corrected chi connectivity index (χ0v) is 12.3. The van der Waals surface area contributed by atoms with Crippen molar-refractivity contribution in [1.82, 2.24) is 4.98 Å². The summed E-state index contributed by atoms with van der Waals surface area (Å²) >= 11 is 3.28. The van der Waals surface area contributed by atoms with E-state index in [9.17, 15) is 9.90 Å². The number of rotatable bonds is 5. The first-order valence-electron chi connectivity index (χ1n) is 5.93. The van der Waals surface area contributed by atoms with Crippen LogP contribution in [0, 0.1) is 11.8 Å². The van der Waals surface area contributed by atoms with Gasteiger partial charge in [0.2, 0.25) is 0 Å². The van der Waals surface area contributed by atoms with Gasteiger partial charge in [0.15, 0.2) is 0 Å². The molecule has 100 valence electrons. The summed E-state index contributed by atoms with van der Waals surface area (Å²) in [5.41, 5.74) is 0.477. The molecule has 0 aliphatic rings. The van der Waals surface area contributed by atoms with Crippen molar-refractivity contribution < 1.29 is 14.6 Å². The van der Waals surface area contributed by atoms with Crippen molar-refractivity contribution in [2.24, 2.45) is 11.8 Å². The topological polar surface area (TPSA) is 59.4 Å². The van der Waals surface area contributed by atoms with Crippen LogP contribution in [0.3, 0.4) is 0 Å². The number of halogens is 1. The molecule has 0 saturated carbocycles. The van der Waals surface area contributed by atoms with Crippen LogP contribution in [-0.4, -0.2) is 22.7 Å². The molecule has 0 spiro atoms. The molecule has 0 amide bonds. The minimum absolute atomic E-state index is 0.0236. The van der Waals surface area contributed by atoms with Crippen molar-refractivity contribution >= 4 is 21.9 Å². The number of hydrogen-bond acceptors (Lipinski definition) is 4. The van der Waals surface area contributed by atoms with Gasteiger partial charge in [-0.1, -0.05) is 13.8 Å². The third-order valence-electron chi connectivity index (χ3n) is 2.67. The van der Waals surface area contributed by atoms with Gasteiger partial charge in [-0.25, -0.2) is 0 Å². The molecule has 5 heteroatoms. The molecule has 1 N–H and O–H groups in total. The van der Waals surface area contributed by atoms with Gasteiger partial charge in [0.1, 0.15) is 6.10 Å². The molecule has 1 aromatic rings. The number of pyridine rings is 1. The number of nitrogens with zero attached hydrogens (tertiary/aromatic N) is 1. The van der Waals surface area contributed by atoms with Crippen LogP contribution in [-0.2, 0) is 9.53 Å². The van der Waals surface area contributed by atoms with Gasteiger partial charge in [-0.15, -0.1) is 0 Å². The lowest BCUT2D eigenvalue weighted by molar-refractivity contribution is -0.154. The number of aromatic nitrogens is 1. The Morgan fingerprint density at radius 2 is 2.17 bits per heavy atom. The monoisotopic (exact) mass is 315 g/mol. The van der Waals surface area contributed by atoms with E-state index in [1.165, 1.54) is 0 Å². The highest BCUT2D eigenvalue weighted by atomic mass is 79.9. The Kier molecular flexibility index (Phi) is 5.75. The van der Waals surface area contributed by atoms with E-state index < -0.39 is 12.0 Å². The first-order valence-corrected chi connectivity index (χ1v) is 6.72. The summed E-state index contributed by atoms with van der Waals surface area (Å²) in [5, 5.41) is 10.3. The van der Waals surface area contributed by atoms with E-state index in [0.717, 1.165) is 4.47 Å². The van der Waals surface area contributed by atoms with Gasteiger partial charge in [-0.2, -0.15) is 0 Å². The molecule has 2 unspecified atom stereocenters. The number of hydrogen-bond donors (Lipinski definition) is 1. The smallest absolute Gasteiger partial charge is 0.312 e. The van der Waals surface area contributed by atoms with E-state index in [-0.39, 0.29) is 11.9 Å². The second-order valence-electron chi connectivity index (χ2n) is 4.37. The third kappa shape index (κ3) is 3.78. The Balaban J connectivity index is 2.92. The van der Waals surface area contributed by atoms with Gasteiger partial charge in [-0.05, 0) is 40.9 Å². The van der Waals surface area contributed by atoms with Crippen molar-refractivity contribution in [2.45, 2.75) is 26.9 Å². The molecule has 0 radical (unpaired) electrons. The zero-order chi connectivity index (χ0) is 13.7. The Morgan fingerprint density at radius 3 is 2.61 bits per heavy atom. The van der Waals surface area contributed by atoms with Crippen molar-refractivity contribution in [3.8, 4) is 0 Å². The van der Waals surface area contributed by atoms with Gasteiger partial charge < -0.3 is 9.84 Å². The highest BCUT2D eigenvalue weighted by Gasteiger charge is 2.32. The second-order valence-corrected chi connectivity index (χ2v) is 5.28. The van der Waals surface area contributed by atoms with Crippen LogP contribution in [0.5, 0.6) is 0 Å². The Labute approximate surface area is 116 Å². The molecule has 0 saturated heterocycles. The summed E-state index contributed by atoms with van der Waals surface area (Å²) in [6.45, 7) is 5.81. The van der Waals surface area contributed by atoms with Crippen molar-refractivity contribution in [1.29, 1.82) is 0 Å². The van der Waals surface area contributed by atoms with E-state index in [0.29, 0.717) is 12.3 Å². The molecule has 0 bridgehead atoms. The molecule has 1 aromatic heterocycles. The number of carbonyl (C=O) groups is 1. The molecule has 1 heterocycles. The van der Waals surface area contributed by atoms with E-state index in [2.05, 4.69) is 20.9 Å². The SMILES string of the molecule is CCOC(=O)C(C(C)C)C(O)c1ccc(Br)cn1. The van der Waals surface area contributed by atoms with Crippen LogP contribution in [0.15, 0.2) is 22.8 Å². The van der Waals surface area contributed by atoms with Crippen LogP contribution in [0.25, 0.3) is 0 Å². The van der Waals surface area contributed by atoms with Crippen molar-refractivity contribution in [3.63, 3.8) is 0 Å². The van der Waals surface area contributed by atoms with Crippen LogP contribution in [0.1, 0.15) is 32.6 Å².